The van der Waals surface area contributed by atoms with Gasteiger partial charge in [-0.3, -0.25) is 9.80 Å². The molecule has 5 rings (SSSR count). The van der Waals surface area contributed by atoms with Crippen molar-refractivity contribution in [3.8, 4) is 6.07 Å². The molecule has 3 aliphatic heterocycles. The molecule has 0 atom stereocenters. The lowest BCUT2D eigenvalue weighted by Crippen LogP contribution is -2.49. The van der Waals surface area contributed by atoms with Crippen LogP contribution in [0.4, 0.5) is 23.1 Å². The lowest BCUT2D eigenvalue weighted by molar-refractivity contribution is 0.0115. The van der Waals surface area contributed by atoms with Gasteiger partial charge >= 0.3 is 0 Å². The third kappa shape index (κ3) is 6.42. The summed E-state index contributed by atoms with van der Waals surface area (Å²) in [5, 5.41) is 16.5. The van der Waals surface area contributed by atoms with E-state index in [0.717, 1.165) is 109 Å². The van der Waals surface area contributed by atoms with Crippen molar-refractivity contribution < 1.29 is 9.47 Å². The minimum Gasteiger partial charge on any atom is -0.379 e. The zero-order valence-electron chi connectivity index (χ0n) is 20.9. The quantitative estimate of drug-likeness (QED) is 0.570. The van der Waals surface area contributed by atoms with Crippen molar-refractivity contribution in [2.45, 2.75) is 18.9 Å². The molecule has 1 aromatic carbocycles. The number of ether oxygens (including phenoxy) is 2. The number of rotatable bonds is 8. The van der Waals surface area contributed by atoms with E-state index in [1.165, 1.54) is 0 Å². The predicted octanol–water partition coefficient (Wildman–Crippen LogP) is 2.14. The van der Waals surface area contributed by atoms with Crippen LogP contribution >= 0.6 is 0 Å². The number of hydrogen-bond acceptors (Lipinski definition) is 10. The molecule has 0 amide bonds. The molecule has 0 aliphatic carbocycles. The third-order valence-corrected chi connectivity index (χ3v) is 7.23. The van der Waals surface area contributed by atoms with Crippen molar-refractivity contribution in [1.29, 1.82) is 5.26 Å². The highest BCUT2D eigenvalue weighted by atomic mass is 16.5. The Morgan fingerprint density at radius 2 is 1.72 bits per heavy atom. The molecule has 3 saturated heterocycles. The van der Waals surface area contributed by atoms with Crippen molar-refractivity contribution in [3.63, 3.8) is 0 Å². The van der Waals surface area contributed by atoms with Crippen molar-refractivity contribution in [1.82, 2.24) is 19.8 Å². The van der Waals surface area contributed by atoms with Crippen LogP contribution in [0.5, 0.6) is 0 Å². The molecule has 2 aromatic rings. The normalized spacial score (nSPS) is 20.1. The van der Waals surface area contributed by atoms with Gasteiger partial charge in [-0.15, -0.1) is 0 Å². The summed E-state index contributed by atoms with van der Waals surface area (Å²) in [5.41, 5.74) is 2.48. The number of hydrogen-bond donors (Lipinski definition) is 2. The van der Waals surface area contributed by atoms with Crippen molar-refractivity contribution in [2.75, 3.05) is 94.3 Å². The summed E-state index contributed by atoms with van der Waals surface area (Å²) in [6, 6.07) is 10.8. The minimum atomic E-state index is 0.509. The Morgan fingerprint density at radius 3 is 2.47 bits per heavy atom. The Morgan fingerprint density at radius 1 is 0.972 bits per heavy atom. The number of morpholine rings is 2. The predicted molar refractivity (Wildman–Crippen MR) is 140 cm³/mol. The molecule has 36 heavy (non-hydrogen) atoms. The van der Waals surface area contributed by atoms with Crippen LogP contribution in [0.25, 0.3) is 0 Å². The molecule has 192 valence electrons. The number of nitrogens with zero attached hydrogens (tertiary/aromatic N) is 6. The zero-order chi connectivity index (χ0) is 24.6. The van der Waals surface area contributed by atoms with Crippen LogP contribution in [0, 0.1) is 11.3 Å². The first kappa shape index (κ1) is 24.7. The first-order valence-electron chi connectivity index (χ1n) is 13.0. The third-order valence-electron chi connectivity index (χ3n) is 7.23. The molecule has 0 bridgehead atoms. The highest BCUT2D eigenvalue weighted by Crippen LogP contribution is 2.29. The SMILES string of the molecule is N#Cc1cc(Nc2nccc(NCCN3CCOCC3)n2)ccc1N1CCC(N2CCOCC2)CC1. The van der Waals surface area contributed by atoms with Gasteiger partial charge < -0.3 is 25.0 Å². The van der Waals surface area contributed by atoms with Crippen LogP contribution in [-0.4, -0.2) is 105 Å². The van der Waals surface area contributed by atoms with Crippen molar-refractivity contribution in [2.24, 2.45) is 0 Å². The summed E-state index contributed by atoms with van der Waals surface area (Å²) in [7, 11) is 0. The summed E-state index contributed by atoms with van der Waals surface area (Å²) in [5.74, 6) is 1.29. The number of nitriles is 1. The Labute approximate surface area is 213 Å². The molecule has 0 unspecified atom stereocenters. The van der Waals surface area contributed by atoms with Gasteiger partial charge in [0.25, 0.3) is 0 Å². The van der Waals surface area contributed by atoms with Gasteiger partial charge in [-0.1, -0.05) is 0 Å². The second kappa shape index (κ2) is 12.3. The fourth-order valence-electron chi connectivity index (χ4n) is 5.21. The van der Waals surface area contributed by atoms with E-state index in [0.29, 0.717) is 17.6 Å². The molecule has 1 aromatic heterocycles. The average molecular weight is 493 g/mol. The molecular weight excluding hydrogens is 456 g/mol. The number of piperidine rings is 1. The Balaban J connectivity index is 1.16. The zero-order valence-corrected chi connectivity index (χ0v) is 20.9. The van der Waals surface area contributed by atoms with E-state index in [1.807, 2.05) is 24.3 Å². The van der Waals surface area contributed by atoms with E-state index in [-0.39, 0.29) is 0 Å². The molecule has 0 spiro atoms. The van der Waals surface area contributed by atoms with Crippen molar-refractivity contribution in [3.05, 3.63) is 36.0 Å². The van der Waals surface area contributed by atoms with Crippen LogP contribution in [0.2, 0.25) is 0 Å². The van der Waals surface area contributed by atoms with E-state index in [1.54, 1.807) is 6.20 Å². The summed E-state index contributed by atoms with van der Waals surface area (Å²) in [6.07, 6.45) is 3.97. The molecule has 4 heterocycles. The molecule has 3 fully saturated rings. The standard InChI is InChI=1S/C26H36N8O2/c27-20-21-19-22(1-2-24(21)34-8-4-23(5-9-34)33-13-17-36-18-14-33)30-26-29-6-3-25(31-26)28-7-10-32-11-15-35-16-12-32/h1-3,6,19,23H,4-5,7-18H2,(H2,28,29,30,31). The molecule has 3 aliphatic rings. The van der Waals surface area contributed by atoms with Gasteiger partial charge in [-0.05, 0) is 37.1 Å². The Bertz CT molecular complexity index is 1020. The van der Waals surface area contributed by atoms with Gasteiger partial charge in [0, 0.05) is 70.3 Å². The lowest BCUT2D eigenvalue weighted by Gasteiger charge is -2.41. The van der Waals surface area contributed by atoms with Gasteiger partial charge in [0.2, 0.25) is 5.95 Å². The number of aromatic nitrogens is 2. The highest BCUT2D eigenvalue weighted by molar-refractivity contribution is 5.68. The maximum atomic E-state index is 9.86. The van der Waals surface area contributed by atoms with Gasteiger partial charge in [0.1, 0.15) is 11.9 Å². The smallest absolute Gasteiger partial charge is 0.229 e. The van der Waals surface area contributed by atoms with Gasteiger partial charge in [0.05, 0.1) is 37.7 Å². The largest absolute Gasteiger partial charge is 0.379 e. The van der Waals surface area contributed by atoms with Gasteiger partial charge in [0.15, 0.2) is 0 Å². The fourth-order valence-corrected chi connectivity index (χ4v) is 5.21. The summed E-state index contributed by atoms with van der Waals surface area (Å²) < 4.78 is 10.9. The van der Waals surface area contributed by atoms with Crippen LogP contribution in [0.15, 0.2) is 30.5 Å². The summed E-state index contributed by atoms with van der Waals surface area (Å²) in [4.78, 5) is 16.2. The van der Waals surface area contributed by atoms with E-state index >= 15 is 0 Å². The Hall–Kier alpha value is -2.97. The van der Waals surface area contributed by atoms with Gasteiger partial charge in [-0.2, -0.15) is 10.2 Å². The number of benzene rings is 1. The first-order chi connectivity index (χ1) is 17.8. The molecule has 2 N–H and O–H groups in total. The highest BCUT2D eigenvalue weighted by Gasteiger charge is 2.26. The maximum Gasteiger partial charge on any atom is 0.229 e. The first-order valence-corrected chi connectivity index (χ1v) is 13.0. The van der Waals surface area contributed by atoms with Crippen molar-refractivity contribution >= 4 is 23.1 Å². The van der Waals surface area contributed by atoms with E-state index in [4.69, 9.17) is 9.47 Å². The van der Waals surface area contributed by atoms with E-state index in [2.05, 4.69) is 41.4 Å². The maximum absolute atomic E-state index is 9.86. The number of anilines is 4. The fraction of sp³-hybridized carbons (Fsp3) is 0.577. The van der Waals surface area contributed by atoms with Crippen LogP contribution in [0.1, 0.15) is 18.4 Å². The summed E-state index contributed by atoms with van der Waals surface area (Å²) >= 11 is 0. The topological polar surface area (TPSA) is 102 Å². The van der Waals surface area contributed by atoms with E-state index < -0.39 is 0 Å². The number of nitrogens with one attached hydrogen (secondary N) is 2. The average Bonchev–Trinajstić information content (AvgIpc) is 2.94. The van der Waals surface area contributed by atoms with Crippen LogP contribution in [0.3, 0.4) is 0 Å². The molecule has 10 heteroatoms. The second-order valence-corrected chi connectivity index (χ2v) is 9.48. The second-order valence-electron chi connectivity index (χ2n) is 9.48. The van der Waals surface area contributed by atoms with Crippen LogP contribution in [-0.2, 0) is 9.47 Å². The summed E-state index contributed by atoms with van der Waals surface area (Å²) in [6.45, 7) is 11.0. The van der Waals surface area contributed by atoms with Gasteiger partial charge in [-0.25, -0.2) is 4.98 Å². The molecule has 0 saturated carbocycles. The molecule has 10 nitrogen and oxygen atoms in total. The monoisotopic (exact) mass is 492 g/mol. The van der Waals surface area contributed by atoms with Crippen LogP contribution < -0.4 is 15.5 Å². The molecule has 0 radical (unpaired) electrons. The molecular formula is C26H36N8O2. The Kier molecular flexibility index (Phi) is 8.46. The van der Waals surface area contributed by atoms with E-state index in [9.17, 15) is 5.26 Å². The lowest BCUT2D eigenvalue weighted by atomic mass is 10.0. The minimum absolute atomic E-state index is 0.509.